The van der Waals surface area contributed by atoms with Crippen LogP contribution in [0.1, 0.15) is 19.8 Å². The summed E-state index contributed by atoms with van der Waals surface area (Å²) in [6, 6.07) is 4.79. The fourth-order valence-electron chi connectivity index (χ4n) is 3.12. The highest BCUT2D eigenvalue weighted by atomic mass is 19.1. The molecule has 5 nitrogen and oxygen atoms in total. The molecular weight excluding hydrogens is 299 g/mol. The molecule has 23 heavy (non-hydrogen) atoms. The van der Waals surface area contributed by atoms with E-state index in [1.165, 1.54) is 25.1 Å². The third-order valence-electron chi connectivity index (χ3n) is 4.44. The molecule has 0 aromatic heterocycles. The zero-order chi connectivity index (χ0) is 16.6. The van der Waals surface area contributed by atoms with Crippen LogP contribution in [0.3, 0.4) is 0 Å². The number of nitrogens with zero attached hydrogens (tertiary/aromatic N) is 1. The van der Waals surface area contributed by atoms with Gasteiger partial charge in [-0.1, -0.05) is 24.3 Å². The van der Waals surface area contributed by atoms with E-state index in [1.54, 1.807) is 6.07 Å². The Hall–Kier alpha value is -2.50. The van der Waals surface area contributed by atoms with E-state index < -0.39 is 17.8 Å². The Kier molecular flexibility index (Phi) is 3.98. The van der Waals surface area contributed by atoms with E-state index in [2.05, 4.69) is 5.32 Å². The molecule has 3 rings (SSSR count). The number of fused-ring (bicyclic) bond motifs is 1. The number of rotatable bonds is 3. The molecule has 2 aliphatic rings. The summed E-state index contributed by atoms with van der Waals surface area (Å²) in [5.41, 5.74) is 0.0301. The van der Waals surface area contributed by atoms with Gasteiger partial charge in [-0.25, -0.2) is 4.39 Å². The van der Waals surface area contributed by atoms with Gasteiger partial charge in [0, 0.05) is 0 Å². The van der Waals surface area contributed by atoms with Gasteiger partial charge in [0.25, 0.3) is 0 Å². The highest BCUT2D eigenvalue weighted by molar-refractivity contribution is 6.10. The van der Waals surface area contributed by atoms with E-state index in [-0.39, 0.29) is 29.3 Å². The van der Waals surface area contributed by atoms with E-state index in [4.69, 9.17) is 0 Å². The Morgan fingerprint density at radius 1 is 1.17 bits per heavy atom. The van der Waals surface area contributed by atoms with Gasteiger partial charge >= 0.3 is 0 Å². The quantitative estimate of drug-likeness (QED) is 0.686. The number of allylic oxidation sites excluding steroid dienone is 2. The van der Waals surface area contributed by atoms with Gasteiger partial charge in [-0.3, -0.25) is 19.3 Å². The zero-order valence-corrected chi connectivity index (χ0v) is 12.7. The van der Waals surface area contributed by atoms with Crippen molar-refractivity contribution in [2.24, 2.45) is 11.8 Å². The van der Waals surface area contributed by atoms with E-state index in [0.717, 1.165) is 4.90 Å². The Bertz CT molecular complexity index is 675. The van der Waals surface area contributed by atoms with Gasteiger partial charge in [-0.05, 0) is 31.9 Å². The summed E-state index contributed by atoms with van der Waals surface area (Å²) in [6.07, 6.45) is 4.82. The number of nitrogens with one attached hydrogen (secondary N) is 1. The normalized spacial score (nSPS) is 24.5. The second kappa shape index (κ2) is 5.95. The van der Waals surface area contributed by atoms with Crippen LogP contribution in [-0.4, -0.2) is 28.7 Å². The second-order valence-electron chi connectivity index (χ2n) is 5.85. The van der Waals surface area contributed by atoms with Crippen LogP contribution in [-0.2, 0) is 14.4 Å². The molecule has 0 radical (unpaired) electrons. The molecule has 120 valence electrons. The van der Waals surface area contributed by atoms with Crippen molar-refractivity contribution in [3.63, 3.8) is 0 Å². The summed E-state index contributed by atoms with van der Waals surface area (Å²) in [5, 5.41) is 2.43. The minimum absolute atomic E-state index is 0.0301. The van der Waals surface area contributed by atoms with E-state index in [9.17, 15) is 18.8 Å². The van der Waals surface area contributed by atoms with Crippen LogP contribution in [0, 0.1) is 17.7 Å². The second-order valence-corrected chi connectivity index (χ2v) is 5.85. The van der Waals surface area contributed by atoms with Crippen molar-refractivity contribution in [1.29, 1.82) is 0 Å². The third-order valence-corrected chi connectivity index (χ3v) is 4.44. The lowest BCUT2D eigenvalue weighted by Crippen LogP contribution is -2.46. The SMILES string of the molecule is C[C@@H](C(=O)Nc1ccccc1F)N1C(=O)[C@H]2CC=CC[C@H]2C1=O. The number of carbonyl (C=O) groups excluding carboxylic acids is 3. The minimum atomic E-state index is -0.972. The van der Waals surface area contributed by atoms with Gasteiger partial charge < -0.3 is 5.32 Å². The first kappa shape index (κ1) is 15.4. The molecule has 0 spiro atoms. The number of benzene rings is 1. The Morgan fingerprint density at radius 2 is 1.74 bits per heavy atom. The largest absolute Gasteiger partial charge is 0.322 e. The number of halogens is 1. The summed E-state index contributed by atoms with van der Waals surface area (Å²) in [4.78, 5) is 38.2. The van der Waals surface area contributed by atoms with Crippen molar-refractivity contribution in [2.45, 2.75) is 25.8 Å². The van der Waals surface area contributed by atoms with E-state index in [1.807, 2.05) is 12.2 Å². The number of hydrogen-bond donors (Lipinski definition) is 1. The molecule has 1 aromatic carbocycles. The highest BCUT2D eigenvalue weighted by Crippen LogP contribution is 2.36. The molecule has 1 aliphatic carbocycles. The van der Waals surface area contributed by atoms with Gasteiger partial charge in [0.2, 0.25) is 17.7 Å². The zero-order valence-electron chi connectivity index (χ0n) is 12.7. The Labute approximate surface area is 133 Å². The third kappa shape index (κ3) is 2.65. The molecular formula is C17H17FN2O3. The monoisotopic (exact) mass is 316 g/mol. The predicted octanol–water partition coefficient (Wildman–Crippen LogP) is 2.10. The summed E-state index contributed by atoms with van der Waals surface area (Å²) in [5.74, 6) is -2.54. The van der Waals surface area contributed by atoms with Gasteiger partial charge in [0.05, 0.1) is 17.5 Å². The van der Waals surface area contributed by atoms with Crippen LogP contribution in [0.2, 0.25) is 0 Å². The van der Waals surface area contributed by atoms with Crippen molar-refractivity contribution in [3.8, 4) is 0 Å². The summed E-state index contributed by atoms with van der Waals surface area (Å²) in [6.45, 7) is 1.48. The maximum Gasteiger partial charge on any atom is 0.247 e. The van der Waals surface area contributed by atoms with Crippen LogP contribution in [0.25, 0.3) is 0 Å². The summed E-state index contributed by atoms with van der Waals surface area (Å²) < 4.78 is 13.6. The molecule has 1 saturated heterocycles. The fourth-order valence-corrected chi connectivity index (χ4v) is 3.12. The average molecular weight is 316 g/mol. The van der Waals surface area contributed by atoms with Crippen molar-refractivity contribution < 1.29 is 18.8 Å². The Balaban J connectivity index is 1.76. The molecule has 0 saturated carbocycles. The molecule has 0 unspecified atom stereocenters. The van der Waals surface area contributed by atoms with Crippen LogP contribution < -0.4 is 5.32 Å². The van der Waals surface area contributed by atoms with Crippen LogP contribution in [0.5, 0.6) is 0 Å². The molecule has 3 amide bonds. The molecule has 1 heterocycles. The summed E-state index contributed by atoms with van der Waals surface area (Å²) in [7, 11) is 0. The van der Waals surface area contributed by atoms with Crippen LogP contribution >= 0.6 is 0 Å². The number of amides is 3. The number of para-hydroxylation sites is 1. The maximum atomic E-state index is 13.6. The van der Waals surface area contributed by atoms with Crippen molar-refractivity contribution in [3.05, 3.63) is 42.2 Å². The first-order valence-corrected chi connectivity index (χ1v) is 7.58. The molecule has 1 aliphatic heterocycles. The lowest BCUT2D eigenvalue weighted by atomic mass is 9.85. The summed E-state index contributed by atoms with van der Waals surface area (Å²) >= 11 is 0. The number of hydrogen-bond acceptors (Lipinski definition) is 3. The van der Waals surface area contributed by atoms with Crippen molar-refractivity contribution >= 4 is 23.4 Å². The molecule has 1 aromatic rings. The van der Waals surface area contributed by atoms with Gasteiger partial charge in [-0.15, -0.1) is 0 Å². The molecule has 3 atom stereocenters. The number of anilines is 1. The lowest BCUT2D eigenvalue weighted by Gasteiger charge is -2.22. The average Bonchev–Trinajstić information content (AvgIpc) is 2.81. The van der Waals surface area contributed by atoms with Gasteiger partial charge in [0.1, 0.15) is 11.9 Å². The first-order valence-electron chi connectivity index (χ1n) is 7.58. The number of carbonyl (C=O) groups is 3. The topological polar surface area (TPSA) is 66.5 Å². The van der Waals surface area contributed by atoms with E-state index >= 15 is 0 Å². The van der Waals surface area contributed by atoms with Gasteiger partial charge in [0.15, 0.2) is 0 Å². The molecule has 0 bridgehead atoms. The van der Waals surface area contributed by atoms with E-state index in [0.29, 0.717) is 12.8 Å². The fraction of sp³-hybridized carbons (Fsp3) is 0.353. The maximum absolute atomic E-state index is 13.6. The lowest BCUT2D eigenvalue weighted by molar-refractivity contribution is -0.146. The molecule has 6 heteroatoms. The van der Waals surface area contributed by atoms with Crippen LogP contribution in [0.4, 0.5) is 10.1 Å². The number of likely N-dealkylation sites (tertiary alicyclic amines) is 1. The van der Waals surface area contributed by atoms with Crippen molar-refractivity contribution in [2.75, 3.05) is 5.32 Å². The standard InChI is InChI=1S/C17H17FN2O3/c1-10(15(21)19-14-9-5-4-8-13(14)18)20-16(22)11-6-2-3-7-12(11)17(20)23/h2-5,8-12H,6-7H2,1H3,(H,19,21)/t10-,11-,12+/m0/s1. The predicted molar refractivity (Wildman–Crippen MR) is 81.7 cm³/mol. The molecule has 1 fully saturated rings. The van der Waals surface area contributed by atoms with Gasteiger partial charge in [-0.2, -0.15) is 0 Å². The van der Waals surface area contributed by atoms with Crippen molar-refractivity contribution in [1.82, 2.24) is 4.90 Å². The molecule has 1 N–H and O–H groups in total. The highest BCUT2D eigenvalue weighted by Gasteiger charge is 2.50. The smallest absolute Gasteiger partial charge is 0.247 e. The number of imide groups is 1. The first-order chi connectivity index (χ1) is 11.0. The minimum Gasteiger partial charge on any atom is -0.322 e. The van der Waals surface area contributed by atoms with Crippen LogP contribution in [0.15, 0.2) is 36.4 Å². The Morgan fingerprint density at radius 3 is 2.30 bits per heavy atom.